The normalized spacial score (nSPS) is 12.4. The van der Waals surface area contributed by atoms with Gasteiger partial charge in [0.1, 0.15) is 17.8 Å². The maximum atomic E-state index is 13.2. The van der Waals surface area contributed by atoms with Crippen LogP contribution in [0.4, 0.5) is 0 Å². The Morgan fingerprint density at radius 1 is 0.974 bits per heavy atom. The van der Waals surface area contributed by atoms with Crippen molar-refractivity contribution in [3.8, 4) is 0 Å². The number of nitrogens with one attached hydrogen (secondary N) is 4. The number of unbranched alkanes of at least 4 members (excludes halogenated alkanes) is 1. The third-order valence-corrected chi connectivity index (χ3v) is 6.02. The predicted octanol–water partition coefficient (Wildman–Crippen LogP) is 1.99. The van der Waals surface area contributed by atoms with Crippen molar-refractivity contribution in [2.45, 2.75) is 51.7 Å². The summed E-state index contributed by atoms with van der Waals surface area (Å²) in [5.41, 5.74) is 0.888. The molecule has 11 nitrogen and oxygen atoms in total. The van der Waals surface area contributed by atoms with Crippen LogP contribution >= 0.6 is 0 Å². The van der Waals surface area contributed by atoms with Crippen molar-refractivity contribution in [1.29, 1.82) is 0 Å². The first-order valence-electron chi connectivity index (χ1n) is 12.9. The van der Waals surface area contributed by atoms with Gasteiger partial charge >= 0.3 is 0 Å². The second kappa shape index (κ2) is 14.6. The summed E-state index contributed by atoms with van der Waals surface area (Å²) < 4.78 is 10.1. The first-order valence-corrected chi connectivity index (χ1v) is 12.9. The minimum absolute atomic E-state index is 0.0297. The smallest absolute Gasteiger partial charge is 0.274 e. The Balaban J connectivity index is 1.69. The van der Waals surface area contributed by atoms with Gasteiger partial charge in [-0.05, 0) is 29.7 Å². The molecule has 3 rings (SSSR count). The molecule has 0 saturated heterocycles. The molecule has 0 spiro atoms. The molecule has 208 valence electrons. The molecule has 2 atom stereocenters. The zero-order valence-corrected chi connectivity index (χ0v) is 22.4. The van der Waals surface area contributed by atoms with Crippen LogP contribution in [0.15, 0.2) is 53.1 Å². The van der Waals surface area contributed by atoms with Gasteiger partial charge in [-0.3, -0.25) is 19.2 Å². The Bertz CT molecular complexity index is 1280. The van der Waals surface area contributed by atoms with Gasteiger partial charge in [-0.2, -0.15) is 0 Å². The van der Waals surface area contributed by atoms with Crippen LogP contribution in [0.25, 0.3) is 10.8 Å². The van der Waals surface area contributed by atoms with Crippen molar-refractivity contribution >= 4 is 34.4 Å². The van der Waals surface area contributed by atoms with Crippen molar-refractivity contribution in [2.75, 3.05) is 20.3 Å². The van der Waals surface area contributed by atoms with Gasteiger partial charge in [0.25, 0.3) is 5.91 Å². The van der Waals surface area contributed by atoms with Gasteiger partial charge in [0.15, 0.2) is 5.69 Å². The second-order valence-corrected chi connectivity index (χ2v) is 9.13. The molecule has 0 radical (unpaired) electrons. The zero-order chi connectivity index (χ0) is 28.2. The molecular weight excluding hydrogens is 502 g/mol. The van der Waals surface area contributed by atoms with Gasteiger partial charge < -0.3 is 30.5 Å². The SMILES string of the molecule is CCCCNC(=O)C[C@H](NC(=O)c1cc(C)on1)C(=O)N[C@@H](COC)C(=O)NCc1cccc2ccccc12. The summed E-state index contributed by atoms with van der Waals surface area (Å²) in [5, 5.41) is 16.4. The lowest BCUT2D eigenvalue weighted by molar-refractivity contribution is -0.132. The van der Waals surface area contributed by atoms with E-state index in [4.69, 9.17) is 9.26 Å². The average molecular weight is 538 g/mol. The quantitative estimate of drug-likeness (QED) is 0.230. The molecule has 0 bridgehead atoms. The number of aromatic nitrogens is 1. The number of aryl methyl sites for hydroxylation is 1. The topological polar surface area (TPSA) is 152 Å². The van der Waals surface area contributed by atoms with Crippen LogP contribution in [0.1, 0.15) is 48.0 Å². The maximum absolute atomic E-state index is 13.2. The molecular formula is C28H35N5O6. The van der Waals surface area contributed by atoms with Crippen molar-refractivity contribution in [1.82, 2.24) is 26.4 Å². The van der Waals surface area contributed by atoms with Crippen molar-refractivity contribution in [3.63, 3.8) is 0 Å². The number of nitrogens with zero attached hydrogens (tertiary/aromatic N) is 1. The molecule has 3 aromatic rings. The molecule has 0 aliphatic rings. The molecule has 0 unspecified atom stereocenters. The van der Waals surface area contributed by atoms with Crippen molar-refractivity contribution in [2.24, 2.45) is 0 Å². The van der Waals surface area contributed by atoms with E-state index in [2.05, 4.69) is 26.4 Å². The fourth-order valence-electron chi connectivity index (χ4n) is 3.95. The lowest BCUT2D eigenvalue weighted by atomic mass is 10.0. The third-order valence-electron chi connectivity index (χ3n) is 6.02. The lowest BCUT2D eigenvalue weighted by Crippen LogP contribution is -2.56. The Morgan fingerprint density at radius 2 is 1.74 bits per heavy atom. The number of amides is 4. The standard InChI is InChI=1S/C28H35N5O6/c1-4-5-13-29-25(34)15-22(31-28(37)23-14-18(2)39-33-23)27(36)32-24(17-38-3)26(35)30-16-20-11-8-10-19-9-6-7-12-21(19)20/h6-12,14,22,24H,4-5,13,15-17H2,1-3H3,(H,29,34)(H,30,35)(H,31,37)(H,32,36)/t22-,24-/m0/s1. The van der Waals surface area contributed by atoms with Crippen molar-refractivity contribution in [3.05, 3.63) is 65.5 Å². The number of rotatable bonds is 14. The van der Waals surface area contributed by atoms with E-state index in [1.54, 1.807) is 6.92 Å². The summed E-state index contributed by atoms with van der Waals surface area (Å²) in [6.07, 6.45) is 1.34. The molecule has 4 N–H and O–H groups in total. The summed E-state index contributed by atoms with van der Waals surface area (Å²) in [6.45, 7) is 4.19. The Kier molecular flexibility index (Phi) is 11.0. The van der Waals surface area contributed by atoms with Crippen LogP contribution in [0.5, 0.6) is 0 Å². The molecule has 1 heterocycles. The predicted molar refractivity (Wildman–Crippen MR) is 145 cm³/mol. The first kappa shape index (κ1) is 29.3. The monoisotopic (exact) mass is 537 g/mol. The minimum Gasteiger partial charge on any atom is -0.382 e. The van der Waals surface area contributed by atoms with Gasteiger partial charge in [0.2, 0.25) is 17.7 Å². The summed E-state index contributed by atoms with van der Waals surface area (Å²) >= 11 is 0. The number of hydrogen-bond acceptors (Lipinski definition) is 7. The highest BCUT2D eigenvalue weighted by Gasteiger charge is 2.29. The van der Waals surface area contributed by atoms with E-state index in [1.807, 2.05) is 49.4 Å². The Morgan fingerprint density at radius 3 is 2.46 bits per heavy atom. The van der Waals surface area contributed by atoms with Gasteiger partial charge in [0.05, 0.1) is 13.0 Å². The summed E-state index contributed by atoms with van der Waals surface area (Å²) in [4.78, 5) is 51.4. The molecule has 4 amide bonds. The molecule has 0 aliphatic carbocycles. The van der Waals surface area contributed by atoms with Gasteiger partial charge in [-0.25, -0.2) is 0 Å². The van der Waals surface area contributed by atoms with E-state index < -0.39 is 35.7 Å². The van der Waals surface area contributed by atoms with Crippen LogP contribution in [0.3, 0.4) is 0 Å². The molecule has 1 aromatic heterocycles. The number of hydrogen-bond donors (Lipinski definition) is 4. The molecule has 2 aromatic carbocycles. The highest BCUT2D eigenvalue weighted by Crippen LogP contribution is 2.18. The zero-order valence-electron chi connectivity index (χ0n) is 22.4. The fourth-order valence-corrected chi connectivity index (χ4v) is 3.95. The van der Waals surface area contributed by atoms with Crippen LogP contribution in [0, 0.1) is 6.92 Å². The average Bonchev–Trinajstić information content (AvgIpc) is 3.37. The van der Waals surface area contributed by atoms with Crippen LogP contribution < -0.4 is 21.3 Å². The van der Waals surface area contributed by atoms with Crippen LogP contribution in [-0.4, -0.2) is 61.1 Å². The number of benzene rings is 2. The van der Waals surface area contributed by atoms with Crippen molar-refractivity contribution < 1.29 is 28.4 Å². The van der Waals surface area contributed by atoms with E-state index in [-0.39, 0.29) is 25.3 Å². The molecule has 0 fully saturated rings. The Hall–Kier alpha value is -4.25. The second-order valence-electron chi connectivity index (χ2n) is 9.13. The van der Waals surface area contributed by atoms with E-state index in [0.717, 1.165) is 29.2 Å². The van der Waals surface area contributed by atoms with E-state index in [0.29, 0.717) is 12.3 Å². The summed E-state index contributed by atoms with van der Waals surface area (Å²) in [6, 6.07) is 12.7. The number of carbonyl (C=O) groups excluding carboxylic acids is 4. The van der Waals surface area contributed by atoms with E-state index in [1.165, 1.54) is 13.2 Å². The highest BCUT2D eigenvalue weighted by molar-refractivity contribution is 5.99. The summed E-state index contributed by atoms with van der Waals surface area (Å²) in [7, 11) is 1.41. The highest BCUT2D eigenvalue weighted by atomic mass is 16.5. The van der Waals surface area contributed by atoms with Gasteiger partial charge in [-0.1, -0.05) is 61.0 Å². The lowest BCUT2D eigenvalue weighted by Gasteiger charge is -2.22. The van der Waals surface area contributed by atoms with Crippen LogP contribution in [0.2, 0.25) is 0 Å². The molecule has 0 aliphatic heterocycles. The largest absolute Gasteiger partial charge is 0.382 e. The third kappa shape index (κ3) is 8.64. The number of carbonyl (C=O) groups is 4. The number of ether oxygens (including phenoxy) is 1. The molecule has 39 heavy (non-hydrogen) atoms. The van der Waals surface area contributed by atoms with E-state index >= 15 is 0 Å². The van der Waals surface area contributed by atoms with E-state index in [9.17, 15) is 19.2 Å². The first-order chi connectivity index (χ1) is 18.8. The van der Waals surface area contributed by atoms with Gasteiger partial charge in [-0.15, -0.1) is 0 Å². The minimum atomic E-state index is -1.26. The van der Waals surface area contributed by atoms with Crippen LogP contribution in [-0.2, 0) is 25.7 Å². The Labute approximate surface area is 227 Å². The summed E-state index contributed by atoms with van der Waals surface area (Å²) in [5.74, 6) is -1.86. The fraction of sp³-hybridized carbons (Fsp3) is 0.393. The van der Waals surface area contributed by atoms with Gasteiger partial charge in [0, 0.05) is 26.3 Å². The number of fused-ring (bicyclic) bond motifs is 1. The maximum Gasteiger partial charge on any atom is 0.274 e. The number of methoxy groups -OCH3 is 1. The molecule has 0 saturated carbocycles. The molecule has 11 heteroatoms.